The van der Waals surface area contributed by atoms with Gasteiger partial charge in [0, 0.05) is 6.42 Å². The molecule has 0 aliphatic heterocycles. The lowest BCUT2D eigenvalue weighted by atomic mass is 9.60. The number of allylic oxidation sites excluding steroid dienone is 3. The second-order valence-corrected chi connectivity index (χ2v) is 11.0. The van der Waals surface area contributed by atoms with Crippen LogP contribution in [0.1, 0.15) is 91.9 Å². The first-order valence-corrected chi connectivity index (χ1v) is 12.2. The molecule has 0 spiro atoms. The molecule has 2 nitrogen and oxygen atoms in total. The van der Waals surface area contributed by atoms with Crippen molar-refractivity contribution in [1.29, 1.82) is 0 Å². The summed E-state index contributed by atoms with van der Waals surface area (Å²) in [5.74, 6) is 3.20. The molecule has 0 radical (unpaired) electrons. The lowest BCUT2D eigenvalue weighted by Crippen LogP contribution is -2.36. The van der Waals surface area contributed by atoms with Crippen molar-refractivity contribution < 1.29 is 10.2 Å². The summed E-state index contributed by atoms with van der Waals surface area (Å²) in [6, 6.07) is 0. The predicted octanol–water partition coefficient (Wildman–Crippen LogP) is 6.59. The van der Waals surface area contributed by atoms with E-state index in [-0.39, 0.29) is 0 Å². The summed E-state index contributed by atoms with van der Waals surface area (Å²) in [7, 11) is 0. The number of fused-ring (bicyclic) bond motifs is 1. The Bertz CT molecular complexity index is 643. The summed E-state index contributed by atoms with van der Waals surface area (Å²) < 4.78 is 0. The van der Waals surface area contributed by atoms with Crippen LogP contribution in [0.4, 0.5) is 0 Å². The summed E-state index contributed by atoms with van der Waals surface area (Å²) >= 11 is 0. The van der Waals surface area contributed by atoms with E-state index in [1.807, 2.05) is 0 Å². The third-order valence-corrected chi connectivity index (χ3v) is 8.43. The van der Waals surface area contributed by atoms with E-state index in [4.69, 9.17) is 0 Å². The monoisotopic (exact) mass is 400 g/mol. The van der Waals surface area contributed by atoms with Crippen molar-refractivity contribution >= 4 is 0 Å². The largest absolute Gasteiger partial charge is 0.393 e. The van der Waals surface area contributed by atoms with E-state index in [2.05, 4.69) is 46.4 Å². The first-order chi connectivity index (χ1) is 13.7. The minimum absolute atomic E-state index is 0.420. The summed E-state index contributed by atoms with van der Waals surface area (Å²) in [4.78, 5) is 0. The molecule has 0 unspecified atom stereocenters. The van der Waals surface area contributed by atoms with Crippen LogP contribution >= 0.6 is 0 Å². The average Bonchev–Trinajstić information content (AvgIpc) is 3.00. The van der Waals surface area contributed by atoms with Gasteiger partial charge in [0.15, 0.2) is 0 Å². The Balaban J connectivity index is 1.71. The summed E-state index contributed by atoms with van der Waals surface area (Å²) in [6.07, 6.45) is 15.2. The highest BCUT2D eigenvalue weighted by Crippen LogP contribution is 2.59. The zero-order chi connectivity index (χ0) is 21.2. The second kappa shape index (κ2) is 9.52. The molecule has 0 saturated heterocycles. The average molecular weight is 401 g/mol. The number of aliphatic hydroxyl groups is 2. The normalized spacial score (nSPS) is 39.3. The number of aliphatic hydroxyl groups excluding tert-OH is 2. The molecule has 0 aromatic heterocycles. The van der Waals surface area contributed by atoms with Crippen LogP contribution in [-0.2, 0) is 0 Å². The Morgan fingerprint density at radius 2 is 1.90 bits per heavy atom. The summed E-state index contributed by atoms with van der Waals surface area (Å²) in [6.45, 7) is 13.8. The fourth-order valence-electron chi connectivity index (χ4n) is 6.73. The Kier molecular flexibility index (Phi) is 7.49. The van der Waals surface area contributed by atoms with Crippen LogP contribution in [0, 0.1) is 29.1 Å². The molecule has 0 aromatic rings. The standard InChI is InChI=1S/C27H44O2/c1-18(2)8-6-9-19(3)24-13-14-25-21(10-7-15-27(24,25)5)11-12-22-16-23(28)17-26(29)20(22)4/h11-12,18-19,23-26,28-29H,4,6-10,13-17H2,1-3,5H3/b21-11+,22-12?/t19-,23-,24-,25+,26+,27-/m1/s1. The number of hydrogen-bond donors (Lipinski definition) is 2. The third-order valence-electron chi connectivity index (χ3n) is 8.43. The molecule has 3 rings (SSSR count). The molecule has 3 aliphatic carbocycles. The Morgan fingerprint density at radius 3 is 2.62 bits per heavy atom. The molecule has 3 aliphatic rings. The maximum Gasteiger partial charge on any atom is 0.0811 e. The Labute approximate surface area is 179 Å². The van der Waals surface area contributed by atoms with Crippen LogP contribution in [0.5, 0.6) is 0 Å². The summed E-state index contributed by atoms with van der Waals surface area (Å²) in [5, 5.41) is 20.2. The van der Waals surface area contributed by atoms with Crippen molar-refractivity contribution in [3.8, 4) is 0 Å². The highest BCUT2D eigenvalue weighted by atomic mass is 16.3. The third kappa shape index (κ3) is 5.07. The molecule has 29 heavy (non-hydrogen) atoms. The Hall–Kier alpha value is -0.860. The predicted molar refractivity (Wildman–Crippen MR) is 123 cm³/mol. The van der Waals surface area contributed by atoms with Crippen molar-refractivity contribution in [1.82, 2.24) is 0 Å². The number of hydrogen-bond acceptors (Lipinski definition) is 2. The first-order valence-electron chi connectivity index (χ1n) is 12.2. The molecule has 164 valence electrons. The van der Waals surface area contributed by atoms with E-state index in [0.717, 1.165) is 28.9 Å². The van der Waals surface area contributed by atoms with Crippen LogP contribution in [-0.4, -0.2) is 22.4 Å². The quantitative estimate of drug-likeness (QED) is 0.528. The zero-order valence-corrected chi connectivity index (χ0v) is 19.3. The van der Waals surface area contributed by atoms with E-state index in [9.17, 15) is 10.2 Å². The zero-order valence-electron chi connectivity index (χ0n) is 19.3. The molecular formula is C27H44O2. The molecule has 0 amide bonds. The fraction of sp³-hybridized carbons (Fsp3) is 0.778. The van der Waals surface area contributed by atoms with E-state index >= 15 is 0 Å². The van der Waals surface area contributed by atoms with E-state index in [0.29, 0.717) is 24.2 Å². The van der Waals surface area contributed by atoms with Crippen LogP contribution in [0.15, 0.2) is 35.5 Å². The van der Waals surface area contributed by atoms with Gasteiger partial charge in [-0.3, -0.25) is 0 Å². The van der Waals surface area contributed by atoms with E-state index in [1.54, 1.807) is 5.57 Å². The van der Waals surface area contributed by atoms with Gasteiger partial charge in [0.2, 0.25) is 0 Å². The van der Waals surface area contributed by atoms with Crippen molar-refractivity contribution in [2.24, 2.45) is 29.1 Å². The maximum absolute atomic E-state index is 10.1. The smallest absolute Gasteiger partial charge is 0.0811 e. The molecule has 0 bridgehead atoms. The molecule has 2 N–H and O–H groups in total. The lowest BCUT2D eigenvalue weighted by molar-refractivity contribution is 0.0861. The highest BCUT2D eigenvalue weighted by molar-refractivity contribution is 5.38. The molecular weight excluding hydrogens is 356 g/mol. The van der Waals surface area contributed by atoms with E-state index in [1.165, 1.54) is 51.4 Å². The number of rotatable bonds is 6. The van der Waals surface area contributed by atoms with Gasteiger partial charge >= 0.3 is 0 Å². The van der Waals surface area contributed by atoms with Gasteiger partial charge in [-0.15, -0.1) is 0 Å². The van der Waals surface area contributed by atoms with Gasteiger partial charge in [0.25, 0.3) is 0 Å². The van der Waals surface area contributed by atoms with Crippen molar-refractivity contribution in [2.75, 3.05) is 0 Å². The van der Waals surface area contributed by atoms with Gasteiger partial charge in [0.05, 0.1) is 12.2 Å². The van der Waals surface area contributed by atoms with Gasteiger partial charge in [-0.05, 0) is 78.8 Å². The van der Waals surface area contributed by atoms with Crippen LogP contribution < -0.4 is 0 Å². The SMILES string of the molecule is C=C1C(=C/C=C2\CCC[C@]3(C)[C@@H]([C@H](C)CCCC(C)C)CC[C@@H]23)C[C@@H](O)C[C@@H]1O. The van der Waals surface area contributed by atoms with Crippen LogP contribution in [0.25, 0.3) is 0 Å². The molecule has 3 fully saturated rings. The highest BCUT2D eigenvalue weighted by Gasteiger charge is 2.50. The molecule has 0 aromatic carbocycles. The topological polar surface area (TPSA) is 40.5 Å². The van der Waals surface area contributed by atoms with Crippen molar-refractivity contribution in [3.05, 3.63) is 35.5 Å². The molecule has 3 saturated carbocycles. The van der Waals surface area contributed by atoms with Crippen LogP contribution in [0.3, 0.4) is 0 Å². The van der Waals surface area contributed by atoms with Gasteiger partial charge in [-0.25, -0.2) is 0 Å². The van der Waals surface area contributed by atoms with E-state index < -0.39 is 12.2 Å². The fourth-order valence-corrected chi connectivity index (χ4v) is 6.73. The van der Waals surface area contributed by atoms with Crippen LogP contribution in [0.2, 0.25) is 0 Å². The lowest BCUT2D eigenvalue weighted by Gasteiger charge is -2.44. The van der Waals surface area contributed by atoms with Crippen molar-refractivity contribution in [2.45, 2.75) is 104 Å². The summed E-state index contributed by atoms with van der Waals surface area (Å²) in [5.41, 5.74) is 3.88. The van der Waals surface area contributed by atoms with Crippen molar-refractivity contribution in [3.63, 3.8) is 0 Å². The molecule has 0 heterocycles. The van der Waals surface area contributed by atoms with Gasteiger partial charge in [0.1, 0.15) is 0 Å². The minimum Gasteiger partial charge on any atom is -0.393 e. The molecule has 6 atom stereocenters. The van der Waals surface area contributed by atoms with Gasteiger partial charge < -0.3 is 10.2 Å². The van der Waals surface area contributed by atoms with Gasteiger partial charge in [-0.2, -0.15) is 0 Å². The Morgan fingerprint density at radius 1 is 1.14 bits per heavy atom. The molecule has 2 heteroatoms. The second-order valence-electron chi connectivity index (χ2n) is 11.0. The van der Waals surface area contributed by atoms with Gasteiger partial charge in [-0.1, -0.05) is 71.3 Å². The first kappa shape index (κ1) is 22.8. The maximum atomic E-state index is 10.1. The minimum atomic E-state index is -0.595.